The smallest absolute Gasteiger partial charge is 0.328 e. The van der Waals surface area contributed by atoms with Crippen molar-refractivity contribution in [1.29, 1.82) is 0 Å². The highest BCUT2D eigenvalue weighted by atomic mass is 16.4. The molecule has 2 heterocycles. The molecule has 14 nitrogen and oxygen atoms in total. The van der Waals surface area contributed by atoms with Crippen molar-refractivity contribution in [2.24, 2.45) is 5.73 Å². The molecular weight excluding hydrogens is 424 g/mol. The molecule has 0 aliphatic heterocycles. The summed E-state index contributed by atoms with van der Waals surface area (Å²) in [5, 5.41) is 25.4. The molecule has 0 radical (unpaired) electrons. The van der Waals surface area contributed by atoms with Gasteiger partial charge in [0.1, 0.15) is 6.04 Å². The quantitative estimate of drug-likeness (QED) is 0.162. The minimum atomic E-state index is -1.53. The zero-order valence-corrected chi connectivity index (χ0v) is 17.2. The number of rotatable bonds is 12. The third-order valence-corrected chi connectivity index (χ3v) is 4.43. The van der Waals surface area contributed by atoms with Crippen LogP contribution in [0.5, 0.6) is 0 Å². The van der Waals surface area contributed by atoms with Gasteiger partial charge in [0.15, 0.2) is 6.04 Å². The minimum Gasteiger partial charge on any atom is -0.480 e. The van der Waals surface area contributed by atoms with Gasteiger partial charge in [0, 0.05) is 36.6 Å². The average molecular weight is 450 g/mol. The van der Waals surface area contributed by atoms with Crippen molar-refractivity contribution >= 4 is 23.7 Å². The van der Waals surface area contributed by atoms with E-state index < -0.39 is 54.5 Å². The minimum absolute atomic E-state index is 0.0431. The topological polar surface area (TPSA) is 228 Å². The van der Waals surface area contributed by atoms with Gasteiger partial charge in [-0.25, -0.2) is 14.8 Å². The normalized spacial score (nSPS) is 14.6. The van der Waals surface area contributed by atoms with Gasteiger partial charge < -0.3 is 41.9 Å². The van der Waals surface area contributed by atoms with E-state index in [-0.39, 0.29) is 12.8 Å². The number of aromatic amines is 2. The molecule has 14 heteroatoms. The van der Waals surface area contributed by atoms with Crippen molar-refractivity contribution in [2.75, 3.05) is 6.54 Å². The summed E-state index contributed by atoms with van der Waals surface area (Å²) in [6.07, 6.45) is 4.74. The summed E-state index contributed by atoms with van der Waals surface area (Å²) in [7, 11) is 0. The number of carboxylic acid groups (broad SMARTS) is 1. The fraction of sp³-hybridized carbons (Fsp3) is 0.444. The fourth-order valence-corrected chi connectivity index (χ4v) is 2.73. The summed E-state index contributed by atoms with van der Waals surface area (Å²) >= 11 is 0. The standard InChI is InChI=1S/C18H26N8O6/c1-9(27)15(18(31)32)26-14(28)6-22-17(30)13(3-11-5-21-8-24-11)25-16(29)12(19)2-10-4-20-7-23-10/h4-5,7-9,12-13,15,27H,2-3,6,19H2,1H3,(H,20,23)(H,21,24)(H,22,30)(H,25,29)(H,26,28)(H,31,32). The number of nitrogens with one attached hydrogen (secondary N) is 5. The highest BCUT2D eigenvalue weighted by Crippen LogP contribution is 2.02. The molecule has 9 N–H and O–H groups in total. The van der Waals surface area contributed by atoms with E-state index in [0.29, 0.717) is 11.4 Å². The molecule has 32 heavy (non-hydrogen) atoms. The number of H-pyrrole nitrogens is 2. The van der Waals surface area contributed by atoms with Gasteiger partial charge in [-0.15, -0.1) is 0 Å². The molecular formula is C18H26N8O6. The molecule has 0 aliphatic rings. The lowest BCUT2D eigenvalue weighted by Crippen LogP contribution is -2.55. The number of aromatic nitrogens is 4. The average Bonchev–Trinajstić information content (AvgIpc) is 3.43. The first-order valence-electron chi connectivity index (χ1n) is 9.65. The predicted molar refractivity (Wildman–Crippen MR) is 109 cm³/mol. The van der Waals surface area contributed by atoms with Crippen LogP contribution in [-0.2, 0) is 32.0 Å². The summed E-state index contributed by atoms with van der Waals surface area (Å²) in [5.74, 6) is -3.53. The van der Waals surface area contributed by atoms with Gasteiger partial charge >= 0.3 is 5.97 Å². The van der Waals surface area contributed by atoms with Gasteiger partial charge in [-0.3, -0.25) is 14.4 Å². The molecule has 0 aliphatic carbocycles. The summed E-state index contributed by atoms with van der Waals surface area (Å²) in [4.78, 5) is 61.5. The van der Waals surface area contributed by atoms with Crippen molar-refractivity contribution in [1.82, 2.24) is 35.9 Å². The van der Waals surface area contributed by atoms with Gasteiger partial charge in [0.05, 0.1) is 31.3 Å². The van der Waals surface area contributed by atoms with Crippen LogP contribution < -0.4 is 21.7 Å². The van der Waals surface area contributed by atoms with E-state index >= 15 is 0 Å². The third kappa shape index (κ3) is 7.48. The van der Waals surface area contributed by atoms with Gasteiger partial charge in [-0.1, -0.05) is 0 Å². The number of aliphatic hydroxyl groups excluding tert-OH is 1. The molecule has 174 valence electrons. The number of nitrogens with two attached hydrogens (primary N) is 1. The number of carbonyl (C=O) groups is 4. The molecule has 3 amide bonds. The lowest BCUT2D eigenvalue weighted by Gasteiger charge is -2.21. The van der Waals surface area contributed by atoms with Crippen LogP contribution in [0.25, 0.3) is 0 Å². The van der Waals surface area contributed by atoms with Gasteiger partial charge in [0.2, 0.25) is 17.7 Å². The molecule has 2 rings (SSSR count). The number of aliphatic hydroxyl groups is 1. The maximum atomic E-state index is 12.6. The Labute approximate surface area is 182 Å². The highest BCUT2D eigenvalue weighted by Gasteiger charge is 2.27. The highest BCUT2D eigenvalue weighted by molar-refractivity contribution is 5.92. The van der Waals surface area contributed by atoms with Crippen molar-refractivity contribution < 1.29 is 29.4 Å². The van der Waals surface area contributed by atoms with E-state index in [1.807, 2.05) is 0 Å². The molecule has 0 saturated carbocycles. The molecule has 0 saturated heterocycles. The predicted octanol–water partition coefficient (Wildman–Crippen LogP) is -3.20. The Bertz CT molecular complexity index is 899. The van der Waals surface area contributed by atoms with Crippen molar-refractivity contribution in [3.63, 3.8) is 0 Å². The first kappa shape index (κ1) is 24.5. The Hall–Kier alpha value is -3.78. The maximum Gasteiger partial charge on any atom is 0.328 e. The van der Waals surface area contributed by atoms with Crippen molar-refractivity contribution in [3.05, 3.63) is 36.4 Å². The van der Waals surface area contributed by atoms with E-state index in [0.717, 1.165) is 0 Å². The van der Waals surface area contributed by atoms with Crippen LogP contribution in [0.4, 0.5) is 0 Å². The van der Waals surface area contributed by atoms with Gasteiger partial charge in [-0.2, -0.15) is 0 Å². The monoisotopic (exact) mass is 450 g/mol. The zero-order valence-electron chi connectivity index (χ0n) is 17.2. The number of aliphatic carboxylic acids is 1. The molecule has 0 bridgehead atoms. The Balaban J connectivity index is 1.97. The largest absolute Gasteiger partial charge is 0.480 e. The molecule has 0 aromatic carbocycles. The number of hydrogen-bond acceptors (Lipinski definition) is 8. The van der Waals surface area contributed by atoms with Crippen LogP contribution in [-0.4, -0.2) is 84.6 Å². The number of hydrogen-bond donors (Lipinski definition) is 8. The van der Waals surface area contributed by atoms with E-state index in [9.17, 15) is 24.3 Å². The summed E-state index contributed by atoms with van der Waals surface area (Å²) in [5.41, 5.74) is 7.11. The third-order valence-electron chi connectivity index (χ3n) is 4.43. The number of nitrogens with zero attached hydrogens (tertiary/aromatic N) is 2. The Morgan fingerprint density at radius 3 is 2.12 bits per heavy atom. The van der Waals surface area contributed by atoms with E-state index in [4.69, 9.17) is 10.8 Å². The van der Waals surface area contributed by atoms with Crippen LogP contribution in [0.15, 0.2) is 25.0 Å². The van der Waals surface area contributed by atoms with Crippen LogP contribution in [0, 0.1) is 0 Å². The Kier molecular flexibility index (Phi) is 8.85. The lowest BCUT2D eigenvalue weighted by atomic mass is 10.1. The first-order valence-corrected chi connectivity index (χ1v) is 9.65. The van der Waals surface area contributed by atoms with E-state index in [1.54, 1.807) is 0 Å². The maximum absolute atomic E-state index is 12.6. The second-order valence-electron chi connectivity index (χ2n) is 7.07. The molecule has 2 aromatic rings. The van der Waals surface area contributed by atoms with E-state index in [2.05, 4.69) is 35.9 Å². The first-order chi connectivity index (χ1) is 15.2. The van der Waals surface area contributed by atoms with Crippen molar-refractivity contribution in [3.8, 4) is 0 Å². The molecule has 4 atom stereocenters. The SMILES string of the molecule is CC(O)C(NC(=O)CNC(=O)C(Cc1cnc[nH]1)NC(=O)C(N)Cc1cnc[nH]1)C(=O)O. The van der Waals surface area contributed by atoms with Crippen molar-refractivity contribution in [2.45, 2.75) is 44.0 Å². The number of amides is 3. The van der Waals surface area contributed by atoms with Gasteiger partial charge in [-0.05, 0) is 6.92 Å². The molecule has 4 unspecified atom stereocenters. The summed E-state index contributed by atoms with van der Waals surface area (Å²) in [6.45, 7) is 0.644. The van der Waals surface area contributed by atoms with Crippen LogP contribution in [0.3, 0.4) is 0 Å². The number of carboxylic acids is 1. The Morgan fingerprint density at radius 1 is 1.03 bits per heavy atom. The van der Waals surface area contributed by atoms with Gasteiger partial charge in [0.25, 0.3) is 0 Å². The molecule has 2 aromatic heterocycles. The number of imidazole rings is 2. The van der Waals surface area contributed by atoms with Crippen LogP contribution >= 0.6 is 0 Å². The molecule has 0 spiro atoms. The number of carbonyl (C=O) groups excluding carboxylic acids is 3. The van der Waals surface area contributed by atoms with Crippen LogP contribution in [0.1, 0.15) is 18.3 Å². The summed E-state index contributed by atoms with van der Waals surface area (Å²) in [6, 6.07) is -3.57. The van der Waals surface area contributed by atoms with E-state index in [1.165, 1.54) is 32.0 Å². The second kappa shape index (κ2) is 11.6. The summed E-state index contributed by atoms with van der Waals surface area (Å²) < 4.78 is 0. The van der Waals surface area contributed by atoms with Crippen LogP contribution in [0.2, 0.25) is 0 Å². The lowest BCUT2D eigenvalue weighted by molar-refractivity contribution is -0.144. The Morgan fingerprint density at radius 2 is 1.62 bits per heavy atom. The fourth-order valence-electron chi connectivity index (χ4n) is 2.73. The second-order valence-corrected chi connectivity index (χ2v) is 7.07. The molecule has 0 fully saturated rings. The zero-order chi connectivity index (χ0) is 23.7.